The number of hydrogen-bond acceptors (Lipinski definition) is 2. The van der Waals surface area contributed by atoms with Crippen LogP contribution in [0.2, 0.25) is 0 Å². The van der Waals surface area contributed by atoms with Crippen LogP contribution < -0.4 is 5.32 Å². The molecule has 0 aromatic carbocycles. The normalized spacial score (nSPS) is 23.7. The van der Waals surface area contributed by atoms with Gasteiger partial charge in [0.25, 0.3) is 0 Å². The quantitative estimate of drug-likeness (QED) is 0.533. The zero-order chi connectivity index (χ0) is 13.1. The topological polar surface area (TPSA) is 12.0 Å². The van der Waals surface area contributed by atoms with Crippen molar-refractivity contribution in [1.29, 1.82) is 0 Å². The van der Waals surface area contributed by atoms with Crippen molar-refractivity contribution in [2.75, 3.05) is 6.54 Å². The van der Waals surface area contributed by atoms with E-state index in [1.54, 1.807) is 10.4 Å². The zero-order valence-electron chi connectivity index (χ0n) is 11.6. The summed E-state index contributed by atoms with van der Waals surface area (Å²) in [6, 6.07) is 3.06. The van der Waals surface area contributed by atoms with Crippen LogP contribution in [0, 0.1) is 8.80 Å². The van der Waals surface area contributed by atoms with Crippen molar-refractivity contribution in [1.82, 2.24) is 5.32 Å². The molecule has 0 radical (unpaired) electrons. The highest BCUT2D eigenvalue weighted by Gasteiger charge is 2.22. The predicted octanol–water partition coefficient (Wildman–Crippen LogP) is 5.29. The lowest BCUT2D eigenvalue weighted by Crippen LogP contribution is -2.25. The van der Waals surface area contributed by atoms with Crippen LogP contribution in [0.5, 0.6) is 0 Å². The molecule has 2 aliphatic rings. The van der Waals surface area contributed by atoms with Gasteiger partial charge in [-0.2, -0.15) is 0 Å². The highest BCUT2D eigenvalue weighted by atomic mass is 127. The van der Waals surface area contributed by atoms with Gasteiger partial charge in [0, 0.05) is 10.9 Å². The highest BCUT2D eigenvalue weighted by Crippen LogP contribution is 2.36. The Morgan fingerprint density at radius 3 is 2.89 bits per heavy atom. The first-order chi connectivity index (χ1) is 9.33. The van der Waals surface area contributed by atoms with Crippen LogP contribution in [0.4, 0.5) is 0 Å². The van der Waals surface area contributed by atoms with E-state index < -0.39 is 0 Å². The maximum absolute atomic E-state index is 3.82. The molecule has 0 saturated heterocycles. The molecule has 2 aliphatic carbocycles. The van der Waals surface area contributed by atoms with Crippen LogP contribution in [0.25, 0.3) is 0 Å². The van der Waals surface area contributed by atoms with Crippen molar-refractivity contribution >= 4 is 33.9 Å². The minimum absolute atomic E-state index is 0.645. The van der Waals surface area contributed by atoms with Crippen molar-refractivity contribution in [2.45, 2.75) is 63.8 Å². The van der Waals surface area contributed by atoms with E-state index >= 15 is 0 Å². The van der Waals surface area contributed by atoms with Crippen LogP contribution in [0.3, 0.4) is 0 Å². The summed E-state index contributed by atoms with van der Waals surface area (Å²) in [5.41, 5.74) is 1.61. The molecule has 1 atom stereocenters. The summed E-state index contributed by atoms with van der Waals surface area (Å²) in [7, 11) is 0. The first-order valence-electron chi connectivity index (χ1n) is 7.84. The number of thiophene rings is 1. The molecule has 0 bridgehead atoms. The third-order valence-corrected chi connectivity index (χ3v) is 6.71. The van der Waals surface area contributed by atoms with E-state index in [-0.39, 0.29) is 0 Å². The number of halogens is 1. The standard InChI is InChI=1S/C16H24INS/c17-16-11-13-14(8-3-9-15(13)19-16)18-10-4-7-12-5-1-2-6-12/h11-12,14,18H,1-10H2. The highest BCUT2D eigenvalue weighted by molar-refractivity contribution is 14.1. The van der Waals surface area contributed by atoms with Gasteiger partial charge in [-0.15, -0.1) is 11.3 Å². The summed E-state index contributed by atoms with van der Waals surface area (Å²) < 4.78 is 1.46. The Bertz CT molecular complexity index is 409. The summed E-state index contributed by atoms with van der Waals surface area (Å²) in [6.45, 7) is 1.22. The Morgan fingerprint density at radius 2 is 2.05 bits per heavy atom. The molecular formula is C16H24INS. The van der Waals surface area contributed by atoms with Gasteiger partial charge in [-0.25, -0.2) is 0 Å². The fourth-order valence-electron chi connectivity index (χ4n) is 3.70. The minimum Gasteiger partial charge on any atom is -0.310 e. The van der Waals surface area contributed by atoms with Crippen molar-refractivity contribution in [3.8, 4) is 0 Å². The molecule has 1 N–H and O–H groups in total. The number of nitrogens with one attached hydrogen (secondary N) is 1. The predicted molar refractivity (Wildman–Crippen MR) is 91.9 cm³/mol. The molecule has 1 saturated carbocycles. The third kappa shape index (κ3) is 3.73. The van der Waals surface area contributed by atoms with E-state index in [2.05, 4.69) is 34.0 Å². The lowest BCUT2D eigenvalue weighted by molar-refractivity contribution is 0.424. The molecule has 1 unspecified atom stereocenters. The number of rotatable bonds is 5. The number of fused-ring (bicyclic) bond motifs is 1. The molecule has 1 aromatic rings. The minimum atomic E-state index is 0.645. The molecule has 19 heavy (non-hydrogen) atoms. The summed E-state index contributed by atoms with van der Waals surface area (Å²) in [5, 5.41) is 3.82. The average molecular weight is 389 g/mol. The molecule has 1 fully saturated rings. The third-order valence-electron chi connectivity index (χ3n) is 4.74. The zero-order valence-corrected chi connectivity index (χ0v) is 14.6. The SMILES string of the molecule is Ic1cc2c(s1)CCCC2NCCCC1CCCC1. The van der Waals surface area contributed by atoms with Gasteiger partial charge < -0.3 is 5.32 Å². The fraction of sp³-hybridized carbons (Fsp3) is 0.750. The second-order valence-electron chi connectivity index (χ2n) is 6.12. The largest absolute Gasteiger partial charge is 0.310 e. The second-order valence-corrected chi connectivity index (χ2v) is 9.15. The average Bonchev–Trinajstić information content (AvgIpc) is 3.02. The summed E-state index contributed by atoms with van der Waals surface area (Å²) in [5.74, 6) is 1.05. The van der Waals surface area contributed by atoms with Gasteiger partial charge in [0.2, 0.25) is 0 Å². The number of hydrogen-bond donors (Lipinski definition) is 1. The van der Waals surface area contributed by atoms with Crippen LogP contribution >= 0.6 is 33.9 Å². The van der Waals surface area contributed by atoms with Crippen LogP contribution in [0.15, 0.2) is 6.07 Å². The van der Waals surface area contributed by atoms with Crippen molar-refractivity contribution < 1.29 is 0 Å². The van der Waals surface area contributed by atoms with Gasteiger partial charge in [0.1, 0.15) is 0 Å². The first kappa shape index (κ1) is 14.3. The Kier molecular flexibility index (Phi) is 5.20. The van der Waals surface area contributed by atoms with Gasteiger partial charge >= 0.3 is 0 Å². The Labute approximate surface area is 134 Å². The molecule has 0 aliphatic heterocycles. The Balaban J connectivity index is 1.45. The Hall–Kier alpha value is 0.390. The van der Waals surface area contributed by atoms with Gasteiger partial charge in [0.15, 0.2) is 0 Å². The second kappa shape index (κ2) is 6.90. The Morgan fingerprint density at radius 1 is 1.21 bits per heavy atom. The molecule has 0 spiro atoms. The summed E-state index contributed by atoms with van der Waals surface area (Å²) in [6.07, 6.45) is 12.8. The first-order valence-corrected chi connectivity index (χ1v) is 9.74. The van der Waals surface area contributed by atoms with E-state index in [0.717, 1.165) is 5.92 Å². The molecule has 106 valence electrons. The van der Waals surface area contributed by atoms with E-state index in [9.17, 15) is 0 Å². The van der Waals surface area contributed by atoms with Crippen LogP contribution in [-0.4, -0.2) is 6.54 Å². The smallest absolute Gasteiger partial charge is 0.0659 e. The number of aryl methyl sites for hydroxylation is 1. The van der Waals surface area contributed by atoms with Gasteiger partial charge in [-0.1, -0.05) is 25.7 Å². The van der Waals surface area contributed by atoms with E-state index in [1.807, 2.05) is 11.3 Å². The monoisotopic (exact) mass is 389 g/mol. The lowest BCUT2D eigenvalue weighted by atomic mass is 9.94. The maximum atomic E-state index is 3.82. The molecule has 1 heterocycles. The molecular weight excluding hydrogens is 365 g/mol. The van der Waals surface area contributed by atoms with Crippen LogP contribution in [0.1, 0.15) is 67.8 Å². The van der Waals surface area contributed by atoms with Gasteiger partial charge in [-0.3, -0.25) is 0 Å². The molecule has 3 heteroatoms. The molecule has 3 rings (SSSR count). The van der Waals surface area contributed by atoms with E-state index in [4.69, 9.17) is 0 Å². The van der Waals surface area contributed by atoms with Crippen LogP contribution in [-0.2, 0) is 6.42 Å². The maximum Gasteiger partial charge on any atom is 0.0659 e. The molecule has 1 aromatic heterocycles. The van der Waals surface area contributed by atoms with E-state index in [1.165, 1.54) is 67.2 Å². The van der Waals surface area contributed by atoms with Crippen molar-refractivity contribution in [2.24, 2.45) is 5.92 Å². The van der Waals surface area contributed by atoms with Gasteiger partial charge in [0.05, 0.1) is 2.88 Å². The van der Waals surface area contributed by atoms with Crippen molar-refractivity contribution in [3.05, 3.63) is 19.4 Å². The molecule has 0 amide bonds. The summed E-state index contributed by atoms with van der Waals surface area (Å²) in [4.78, 5) is 1.64. The molecule has 1 nitrogen and oxygen atoms in total. The fourth-order valence-corrected chi connectivity index (χ4v) is 5.82. The van der Waals surface area contributed by atoms with E-state index in [0.29, 0.717) is 6.04 Å². The van der Waals surface area contributed by atoms with Crippen molar-refractivity contribution in [3.63, 3.8) is 0 Å². The lowest BCUT2D eigenvalue weighted by Gasteiger charge is -2.24. The summed E-state index contributed by atoms with van der Waals surface area (Å²) >= 11 is 4.47. The van der Waals surface area contributed by atoms with Gasteiger partial charge in [-0.05, 0) is 78.8 Å².